The van der Waals surface area contributed by atoms with E-state index in [0.717, 1.165) is 17.1 Å². The fourth-order valence-electron chi connectivity index (χ4n) is 4.62. The number of allylic oxidation sites excluding steroid dienone is 2. The maximum atomic E-state index is 13.3. The molecule has 1 aromatic carbocycles. The number of nitrogens with zero attached hydrogens (tertiary/aromatic N) is 2. The molecule has 2 aromatic heterocycles. The van der Waals surface area contributed by atoms with Crippen LogP contribution in [-0.4, -0.2) is 22.4 Å². The Morgan fingerprint density at radius 3 is 2.69 bits per heavy atom. The quantitative estimate of drug-likeness (QED) is 0.669. The predicted molar refractivity (Wildman–Crippen MR) is 116 cm³/mol. The third-order valence-electron chi connectivity index (χ3n) is 6.12. The lowest BCUT2D eigenvalue weighted by Gasteiger charge is -2.37. The average Bonchev–Trinajstić information content (AvgIpc) is 3.27. The number of Topliss-reactive ketones (excluding diaryl/α,β-unsaturated/α-hetero) is 1. The van der Waals surface area contributed by atoms with Crippen molar-refractivity contribution >= 4 is 5.78 Å². The van der Waals surface area contributed by atoms with Gasteiger partial charge in [-0.25, -0.2) is 4.98 Å². The first kappa shape index (κ1) is 20.3. The highest BCUT2D eigenvalue weighted by Gasteiger charge is 2.43. The summed E-state index contributed by atoms with van der Waals surface area (Å²) in [5.41, 5.74) is 2.19. The van der Waals surface area contributed by atoms with Crippen LogP contribution in [0.15, 0.2) is 64.7 Å². The number of nitrogens with one attached hydrogen (secondary N) is 1. The van der Waals surface area contributed by atoms with Crippen LogP contribution in [0.3, 0.4) is 0 Å². The molecule has 0 spiro atoms. The van der Waals surface area contributed by atoms with Crippen LogP contribution in [0.4, 0.5) is 0 Å². The van der Waals surface area contributed by atoms with Gasteiger partial charge >= 0.3 is 0 Å². The van der Waals surface area contributed by atoms with Crippen molar-refractivity contribution in [2.75, 3.05) is 7.11 Å². The van der Waals surface area contributed by atoms with Crippen LogP contribution >= 0.6 is 0 Å². The number of ether oxygens (including phenoxy) is 2. The predicted octanol–water partition coefficient (Wildman–Crippen LogP) is 4.18. The van der Waals surface area contributed by atoms with Crippen molar-refractivity contribution in [3.05, 3.63) is 82.7 Å². The minimum Gasteiger partial charge on any atom is -0.497 e. The number of aromatic nitrogens is 2. The Kier molecular flexibility index (Phi) is 4.77. The lowest BCUT2D eigenvalue weighted by atomic mass is 9.70. The number of carbonyl (C=O) groups is 1. The smallest absolute Gasteiger partial charge is 0.228 e. The second kappa shape index (κ2) is 7.51. The maximum absolute atomic E-state index is 13.3. The van der Waals surface area contributed by atoms with E-state index >= 15 is 0 Å². The fourth-order valence-corrected chi connectivity index (χ4v) is 4.62. The normalized spacial score (nSPS) is 19.2. The molecule has 1 N–H and O–H groups in total. The molecule has 0 saturated heterocycles. The molecular formula is C25H25N3O4. The van der Waals surface area contributed by atoms with Crippen LogP contribution in [0.1, 0.15) is 49.5 Å². The lowest BCUT2D eigenvalue weighted by molar-refractivity contribution is -0.118. The SMILES string of the molecule is COc1ccc([C@@H]2C3=C(CC(C)(C)CC3=O)Oc3ncn(Cc4ccco4)c(=N)c32)cc1. The van der Waals surface area contributed by atoms with Crippen LogP contribution in [0.2, 0.25) is 0 Å². The first-order valence-corrected chi connectivity index (χ1v) is 10.6. The number of furan rings is 1. The molecule has 1 atom stereocenters. The van der Waals surface area contributed by atoms with E-state index in [1.807, 2.05) is 36.4 Å². The van der Waals surface area contributed by atoms with Gasteiger partial charge in [0.1, 0.15) is 29.1 Å². The van der Waals surface area contributed by atoms with E-state index in [1.54, 1.807) is 24.3 Å². The lowest BCUT2D eigenvalue weighted by Crippen LogP contribution is -2.37. The van der Waals surface area contributed by atoms with E-state index in [0.29, 0.717) is 42.2 Å². The molecule has 2 aliphatic rings. The van der Waals surface area contributed by atoms with Crippen molar-refractivity contribution < 1.29 is 18.7 Å². The van der Waals surface area contributed by atoms with Crippen LogP contribution in [0.25, 0.3) is 0 Å². The van der Waals surface area contributed by atoms with Crippen molar-refractivity contribution in [1.29, 1.82) is 5.41 Å². The Labute approximate surface area is 185 Å². The zero-order valence-corrected chi connectivity index (χ0v) is 18.3. The maximum Gasteiger partial charge on any atom is 0.228 e. The van der Waals surface area contributed by atoms with Gasteiger partial charge in [0, 0.05) is 24.3 Å². The standard InChI is InChI=1S/C25H25N3O4/c1-25(2)11-18(29)21-19(12-25)32-24-22(20(21)15-6-8-16(30-3)9-7-15)23(26)28(14-27-24)13-17-5-4-10-31-17/h4-10,14,20,26H,11-13H2,1-3H3/t20-/m1/s1. The number of hydrogen-bond acceptors (Lipinski definition) is 6. The third-order valence-corrected chi connectivity index (χ3v) is 6.12. The Morgan fingerprint density at radius 2 is 2.00 bits per heavy atom. The van der Waals surface area contributed by atoms with Gasteiger partial charge in [-0.05, 0) is 35.2 Å². The molecule has 0 saturated carbocycles. The van der Waals surface area contributed by atoms with Gasteiger partial charge in [0.2, 0.25) is 5.88 Å². The summed E-state index contributed by atoms with van der Waals surface area (Å²) >= 11 is 0. The van der Waals surface area contributed by atoms with Crippen molar-refractivity contribution in [2.24, 2.45) is 5.41 Å². The number of methoxy groups -OCH3 is 1. The summed E-state index contributed by atoms with van der Waals surface area (Å²) in [5.74, 6) is 2.14. The van der Waals surface area contributed by atoms with E-state index in [-0.39, 0.29) is 16.7 Å². The average molecular weight is 431 g/mol. The Bertz CT molecular complexity index is 1270. The zero-order valence-electron chi connectivity index (χ0n) is 18.3. The van der Waals surface area contributed by atoms with Crippen LogP contribution < -0.4 is 15.0 Å². The summed E-state index contributed by atoms with van der Waals surface area (Å²) in [4.78, 5) is 17.9. The largest absolute Gasteiger partial charge is 0.497 e. The first-order chi connectivity index (χ1) is 15.4. The minimum atomic E-state index is -0.424. The molecule has 1 aliphatic heterocycles. The highest BCUT2D eigenvalue weighted by atomic mass is 16.5. The van der Waals surface area contributed by atoms with Gasteiger partial charge < -0.3 is 18.5 Å². The second-order valence-corrected chi connectivity index (χ2v) is 9.11. The molecule has 7 heteroatoms. The molecule has 164 valence electrons. The zero-order chi connectivity index (χ0) is 22.5. The van der Waals surface area contributed by atoms with Gasteiger partial charge in [-0.2, -0.15) is 0 Å². The number of ketones is 1. The van der Waals surface area contributed by atoms with Gasteiger partial charge in [-0.3, -0.25) is 10.2 Å². The number of benzene rings is 1. The molecule has 3 heterocycles. The molecule has 0 fully saturated rings. The van der Waals surface area contributed by atoms with E-state index in [4.69, 9.17) is 19.3 Å². The molecule has 5 rings (SSSR count). The van der Waals surface area contributed by atoms with Gasteiger partial charge in [-0.15, -0.1) is 0 Å². The molecule has 0 unspecified atom stereocenters. The highest BCUT2D eigenvalue weighted by Crippen LogP contribution is 2.48. The second-order valence-electron chi connectivity index (χ2n) is 9.11. The summed E-state index contributed by atoms with van der Waals surface area (Å²) in [6.07, 6.45) is 4.29. The topological polar surface area (TPSA) is 90.3 Å². The first-order valence-electron chi connectivity index (χ1n) is 10.6. The van der Waals surface area contributed by atoms with E-state index < -0.39 is 5.92 Å². The van der Waals surface area contributed by atoms with Crippen molar-refractivity contribution in [1.82, 2.24) is 9.55 Å². The number of carbonyl (C=O) groups excluding carboxylic acids is 1. The summed E-state index contributed by atoms with van der Waals surface area (Å²) in [5, 5.41) is 8.98. The molecule has 1 aliphatic carbocycles. The van der Waals surface area contributed by atoms with Crippen LogP contribution in [0.5, 0.6) is 11.6 Å². The van der Waals surface area contributed by atoms with Gasteiger partial charge in [0.25, 0.3) is 0 Å². The van der Waals surface area contributed by atoms with Gasteiger partial charge in [0.15, 0.2) is 5.78 Å². The highest BCUT2D eigenvalue weighted by molar-refractivity contribution is 6.00. The third kappa shape index (κ3) is 3.43. The van der Waals surface area contributed by atoms with E-state index in [1.165, 1.54) is 0 Å². The van der Waals surface area contributed by atoms with Gasteiger partial charge in [-0.1, -0.05) is 26.0 Å². The Morgan fingerprint density at radius 1 is 1.22 bits per heavy atom. The molecule has 32 heavy (non-hydrogen) atoms. The Hall–Kier alpha value is -3.61. The monoisotopic (exact) mass is 431 g/mol. The van der Waals surface area contributed by atoms with E-state index in [2.05, 4.69) is 18.8 Å². The molecule has 0 amide bonds. The fraction of sp³-hybridized carbons (Fsp3) is 0.320. The van der Waals surface area contributed by atoms with E-state index in [9.17, 15) is 4.79 Å². The van der Waals surface area contributed by atoms with Crippen LogP contribution in [-0.2, 0) is 11.3 Å². The van der Waals surface area contributed by atoms with Crippen LogP contribution in [0, 0.1) is 10.8 Å². The van der Waals surface area contributed by atoms with Gasteiger partial charge in [0.05, 0.1) is 25.5 Å². The minimum absolute atomic E-state index is 0.0588. The summed E-state index contributed by atoms with van der Waals surface area (Å²) in [6.45, 7) is 4.51. The molecular weight excluding hydrogens is 406 g/mol. The number of hydrogen-bond donors (Lipinski definition) is 1. The Balaban J connectivity index is 1.69. The molecule has 7 nitrogen and oxygen atoms in total. The summed E-state index contributed by atoms with van der Waals surface area (Å²) in [7, 11) is 1.62. The summed E-state index contributed by atoms with van der Waals surface area (Å²) in [6, 6.07) is 11.3. The number of fused-ring (bicyclic) bond motifs is 1. The molecule has 0 bridgehead atoms. The van der Waals surface area contributed by atoms with Crippen molar-refractivity contribution in [3.8, 4) is 11.6 Å². The number of rotatable bonds is 4. The summed E-state index contributed by atoms with van der Waals surface area (Å²) < 4.78 is 18.7. The molecule has 3 aromatic rings. The van der Waals surface area contributed by atoms with Crippen molar-refractivity contribution in [2.45, 2.75) is 39.2 Å². The molecule has 0 radical (unpaired) electrons. The van der Waals surface area contributed by atoms with Crippen molar-refractivity contribution in [3.63, 3.8) is 0 Å².